The maximum Gasteiger partial charge on any atom is 0.235 e. The molecule has 3 rings (SSSR count). The molecule has 0 fully saturated rings. The van der Waals surface area contributed by atoms with Crippen molar-refractivity contribution in [3.63, 3.8) is 0 Å². The van der Waals surface area contributed by atoms with Crippen LogP contribution in [0.5, 0.6) is 11.5 Å². The van der Waals surface area contributed by atoms with Gasteiger partial charge in [0.25, 0.3) is 0 Å². The van der Waals surface area contributed by atoms with E-state index in [2.05, 4.69) is 25.9 Å². The molecule has 0 radical (unpaired) electrons. The molecule has 0 saturated heterocycles. The number of hydrogen-bond acceptors (Lipinski definition) is 6. The van der Waals surface area contributed by atoms with Crippen LogP contribution < -0.4 is 14.8 Å². The number of carbonyl (C=O) groups is 1. The van der Waals surface area contributed by atoms with Gasteiger partial charge in [-0.05, 0) is 36.2 Å². The number of nitrogens with zero attached hydrogens (tertiary/aromatic N) is 3. The molecule has 0 bridgehead atoms. The Hall–Kier alpha value is -3.42. The summed E-state index contributed by atoms with van der Waals surface area (Å²) >= 11 is 0. The van der Waals surface area contributed by atoms with Crippen LogP contribution in [0.3, 0.4) is 0 Å². The third-order valence-corrected chi connectivity index (χ3v) is 3.93. The van der Waals surface area contributed by atoms with Gasteiger partial charge in [0.1, 0.15) is 17.4 Å². The number of tetrazole rings is 1. The van der Waals surface area contributed by atoms with Crippen LogP contribution in [0, 0.1) is 0 Å². The number of methoxy groups -OCH3 is 2. The minimum atomic E-state index is -0.620. The van der Waals surface area contributed by atoms with Crippen LogP contribution in [0.1, 0.15) is 17.3 Å². The highest BCUT2D eigenvalue weighted by Gasteiger charge is 2.26. The van der Waals surface area contributed by atoms with Crippen molar-refractivity contribution in [2.75, 3.05) is 19.5 Å². The first-order chi connectivity index (χ1) is 12.7. The highest BCUT2D eigenvalue weighted by molar-refractivity contribution is 5.96. The highest BCUT2D eigenvalue weighted by Crippen LogP contribution is 2.26. The Balaban J connectivity index is 1.85. The SMILES string of the molecule is COc1cccc(CC(C(=O)Nc2ccccc2OC)c2nn[nH]n2)c1. The molecule has 2 N–H and O–H groups in total. The Morgan fingerprint density at radius 3 is 2.73 bits per heavy atom. The second-order valence-corrected chi connectivity index (χ2v) is 5.57. The molecule has 1 atom stereocenters. The summed E-state index contributed by atoms with van der Waals surface area (Å²) in [5.41, 5.74) is 1.51. The molecule has 0 spiro atoms. The Morgan fingerprint density at radius 1 is 1.15 bits per heavy atom. The number of aromatic nitrogens is 4. The number of benzene rings is 2. The largest absolute Gasteiger partial charge is 0.497 e. The minimum Gasteiger partial charge on any atom is -0.497 e. The van der Waals surface area contributed by atoms with Crippen molar-refractivity contribution in [3.8, 4) is 11.5 Å². The monoisotopic (exact) mass is 353 g/mol. The van der Waals surface area contributed by atoms with Crippen LogP contribution in [-0.2, 0) is 11.2 Å². The average molecular weight is 353 g/mol. The van der Waals surface area contributed by atoms with E-state index in [-0.39, 0.29) is 5.91 Å². The van der Waals surface area contributed by atoms with Gasteiger partial charge in [0.2, 0.25) is 5.91 Å². The maximum atomic E-state index is 12.9. The number of hydrogen-bond donors (Lipinski definition) is 2. The zero-order valence-electron chi connectivity index (χ0n) is 14.5. The van der Waals surface area contributed by atoms with E-state index in [1.165, 1.54) is 0 Å². The van der Waals surface area contributed by atoms with Crippen molar-refractivity contribution in [2.24, 2.45) is 0 Å². The smallest absolute Gasteiger partial charge is 0.235 e. The summed E-state index contributed by atoms with van der Waals surface area (Å²) in [5, 5.41) is 16.8. The zero-order chi connectivity index (χ0) is 18.4. The van der Waals surface area contributed by atoms with Crippen molar-refractivity contribution in [3.05, 3.63) is 59.9 Å². The summed E-state index contributed by atoms with van der Waals surface area (Å²) in [4.78, 5) is 12.9. The lowest BCUT2D eigenvalue weighted by Crippen LogP contribution is -2.24. The van der Waals surface area contributed by atoms with Crippen molar-refractivity contribution < 1.29 is 14.3 Å². The zero-order valence-corrected chi connectivity index (χ0v) is 14.5. The topological polar surface area (TPSA) is 102 Å². The molecule has 2 aromatic carbocycles. The first-order valence-electron chi connectivity index (χ1n) is 8.01. The van der Waals surface area contributed by atoms with E-state index >= 15 is 0 Å². The van der Waals surface area contributed by atoms with Gasteiger partial charge in [-0.1, -0.05) is 29.5 Å². The van der Waals surface area contributed by atoms with E-state index in [1.807, 2.05) is 36.4 Å². The number of aromatic amines is 1. The molecule has 26 heavy (non-hydrogen) atoms. The molecule has 0 aliphatic rings. The van der Waals surface area contributed by atoms with Gasteiger partial charge in [0, 0.05) is 0 Å². The van der Waals surface area contributed by atoms with Crippen LogP contribution in [0.4, 0.5) is 5.69 Å². The molecule has 1 amide bonds. The van der Waals surface area contributed by atoms with E-state index in [1.54, 1.807) is 26.4 Å². The number of rotatable bonds is 7. The average Bonchev–Trinajstić information content (AvgIpc) is 3.21. The van der Waals surface area contributed by atoms with Crippen LogP contribution in [0.15, 0.2) is 48.5 Å². The van der Waals surface area contributed by atoms with E-state index in [0.717, 1.165) is 11.3 Å². The lowest BCUT2D eigenvalue weighted by molar-refractivity contribution is -0.117. The molecule has 1 unspecified atom stereocenters. The van der Waals surface area contributed by atoms with E-state index in [9.17, 15) is 4.79 Å². The maximum absolute atomic E-state index is 12.9. The Bertz CT molecular complexity index is 867. The predicted molar refractivity (Wildman–Crippen MR) is 95.2 cm³/mol. The predicted octanol–water partition coefficient (Wildman–Crippen LogP) is 2.18. The molecule has 8 nitrogen and oxygen atoms in total. The van der Waals surface area contributed by atoms with Crippen LogP contribution in [0.25, 0.3) is 0 Å². The number of ether oxygens (including phenoxy) is 2. The summed E-state index contributed by atoms with van der Waals surface area (Å²) in [6.07, 6.45) is 0.401. The number of para-hydroxylation sites is 2. The van der Waals surface area contributed by atoms with E-state index < -0.39 is 5.92 Å². The molecule has 0 aliphatic heterocycles. The first-order valence-corrected chi connectivity index (χ1v) is 8.01. The third kappa shape index (κ3) is 3.97. The number of carbonyl (C=O) groups excluding carboxylic acids is 1. The molecule has 3 aromatic rings. The number of amides is 1. The number of anilines is 1. The Morgan fingerprint density at radius 2 is 2.00 bits per heavy atom. The summed E-state index contributed by atoms with van der Waals surface area (Å²) in [6, 6.07) is 14.7. The lowest BCUT2D eigenvalue weighted by atomic mass is 9.97. The summed E-state index contributed by atoms with van der Waals surface area (Å²) in [6.45, 7) is 0. The van der Waals surface area contributed by atoms with Gasteiger partial charge in [-0.3, -0.25) is 4.79 Å². The van der Waals surface area contributed by atoms with Crippen LogP contribution >= 0.6 is 0 Å². The molecule has 134 valence electrons. The van der Waals surface area contributed by atoms with Crippen molar-refractivity contribution in [2.45, 2.75) is 12.3 Å². The summed E-state index contributed by atoms with van der Waals surface area (Å²) < 4.78 is 10.5. The van der Waals surface area contributed by atoms with Gasteiger partial charge in [-0.25, -0.2) is 0 Å². The van der Waals surface area contributed by atoms with Gasteiger partial charge >= 0.3 is 0 Å². The van der Waals surface area contributed by atoms with Gasteiger partial charge in [-0.15, -0.1) is 10.2 Å². The Labute approximate surface area is 150 Å². The van der Waals surface area contributed by atoms with Gasteiger partial charge in [-0.2, -0.15) is 5.21 Å². The second kappa shape index (κ2) is 8.11. The normalized spacial score (nSPS) is 11.6. The summed E-state index contributed by atoms with van der Waals surface area (Å²) in [5.74, 6) is 0.748. The quantitative estimate of drug-likeness (QED) is 0.675. The fourth-order valence-corrected chi connectivity index (χ4v) is 2.62. The van der Waals surface area contributed by atoms with Crippen LogP contribution in [-0.4, -0.2) is 40.8 Å². The fraction of sp³-hybridized carbons (Fsp3) is 0.222. The van der Waals surface area contributed by atoms with Crippen molar-refractivity contribution >= 4 is 11.6 Å². The number of H-pyrrole nitrogens is 1. The standard InChI is InChI=1S/C18H19N5O3/c1-25-13-7-5-6-12(10-13)11-14(17-20-22-23-21-17)18(24)19-15-8-3-4-9-16(15)26-2/h3-10,14H,11H2,1-2H3,(H,19,24)(H,20,21,22,23). The highest BCUT2D eigenvalue weighted by atomic mass is 16.5. The Kier molecular flexibility index (Phi) is 5.43. The van der Waals surface area contributed by atoms with E-state index in [4.69, 9.17) is 9.47 Å². The molecule has 1 aromatic heterocycles. The molecular weight excluding hydrogens is 334 g/mol. The molecular formula is C18H19N5O3. The summed E-state index contributed by atoms with van der Waals surface area (Å²) in [7, 11) is 3.15. The fourth-order valence-electron chi connectivity index (χ4n) is 2.62. The molecule has 0 saturated carbocycles. The minimum absolute atomic E-state index is 0.251. The van der Waals surface area contributed by atoms with E-state index in [0.29, 0.717) is 23.7 Å². The van der Waals surface area contributed by atoms with Gasteiger partial charge in [0.05, 0.1) is 19.9 Å². The van der Waals surface area contributed by atoms with Crippen LogP contribution in [0.2, 0.25) is 0 Å². The molecule has 1 heterocycles. The van der Waals surface area contributed by atoms with Gasteiger partial charge in [0.15, 0.2) is 5.82 Å². The lowest BCUT2D eigenvalue weighted by Gasteiger charge is -2.16. The van der Waals surface area contributed by atoms with Crippen molar-refractivity contribution in [1.29, 1.82) is 0 Å². The first kappa shape index (κ1) is 17.4. The molecule has 8 heteroatoms. The van der Waals surface area contributed by atoms with Gasteiger partial charge < -0.3 is 14.8 Å². The van der Waals surface area contributed by atoms with Crippen molar-refractivity contribution in [1.82, 2.24) is 20.6 Å². The third-order valence-electron chi connectivity index (χ3n) is 3.93. The number of nitrogens with one attached hydrogen (secondary N) is 2. The molecule has 0 aliphatic carbocycles. The second-order valence-electron chi connectivity index (χ2n) is 5.57.